The Morgan fingerprint density at radius 3 is 1.32 bits per heavy atom. The van der Waals surface area contributed by atoms with Gasteiger partial charge in [-0.05, 0) is 12.8 Å². The summed E-state index contributed by atoms with van der Waals surface area (Å²) in [7, 11) is 0. The topological polar surface area (TPSA) is 23.8 Å². The fourth-order valence-corrected chi connectivity index (χ4v) is 2.95. The van der Waals surface area contributed by atoms with Crippen molar-refractivity contribution in [3.05, 3.63) is 12.2 Å². The Kier molecular flexibility index (Phi) is 19.5. The predicted molar refractivity (Wildman–Crippen MR) is 98.9 cm³/mol. The van der Waals surface area contributed by atoms with Crippen LogP contribution >= 0.6 is 0 Å². The van der Waals surface area contributed by atoms with Crippen molar-refractivity contribution < 1.29 is 0 Å². The lowest BCUT2D eigenvalue weighted by molar-refractivity contribution is 0.530. The van der Waals surface area contributed by atoms with E-state index < -0.39 is 0 Å². The number of unbranched alkanes of at least 4 members (excludes halogenated alkanes) is 16. The van der Waals surface area contributed by atoms with Crippen LogP contribution in [-0.2, 0) is 0 Å². The van der Waals surface area contributed by atoms with E-state index in [0.29, 0.717) is 0 Å². The summed E-state index contributed by atoms with van der Waals surface area (Å²) in [6.07, 6.45) is 27.3. The molecule has 0 aromatic rings. The lowest BCUT2D eigenvalue weighted by Crippen LogP contribution is -1.83. The molecule has 1 nitrogen and oxygen atoms in total. The van der Waals surface area contributed by atoms with Gasteiger partial charge in [-0.2, -0.15) is 5.26 Å². The molecule has 0 atom stereocenters. The van der Waals surface area contributed by atoms with Crippen LogP contribution in [0.25, 0.3) is 0 Å². The van der Waals surface area contributed by atoms with E-state index in [1.807, 2.05) is 12.1 Å². The molecule has 0 unspecified atom stereocenters. The van der Waals surface area contributed by atoms with Gasteiger partial charge in [0.25, 0.3) is 0 Å². The summed E-state index contributed by atoms with van der Waals surface area (Å²) < 4.78 is 0. The highest BCUT2D eigenvalue weighted by molar-refractivity contribution is 5.01. The Balaban J connectivity index is 2.97. The molecular weight excluding hydrogens is 266 g/mol. The lowest BCUT2D eigenvalue weighted by atomic mass is 10.0. The highest BCUT2D eigenvalue weighted by atomic mass is 14.2. The van der Waals surface area contributed by atoms with Gasteiger partial charge in [0.2, 0.25) is 0 Å². The highest BCUT2D eigenvalue weighted by Gasteiger charge is 1.94. The molecule has 0 aliphatic carbocycles. The number of rotatable bonds is 17. The number of hydrogen-bond donors (Lipinski definition) is 0. The van der Waals surface area contributed by atoms with E-state index in [2.05, 4.69) is 6.92 Å². The van der Waals surface area contributed by atoms with Crippen LogP contribution in [0, 0.1) is 11.3 Å². The van der Waals surface area contributed by atoms with Crippen molar-refractivity contribution in [3.8, 4) is 6.07 Å². The number of nitriles is 1. The van der Waals surface area contributed by atoms with Gasteiger partial charge in [-0.15, -0.1) is 0 Å². The minimum Gasteiger partial charge on any atom is -0.193 e. The second kappa shape index (κ2) is 20.2. The van der Waals surface area contributed by atoms with Crippen molar-refractivity contribution in [2.45, 2.75) is 116 Å². The summed E-state index contributed by atoms with van der Waals surface area (Å²) in [5.41, 5.74) is 0. The monoisotopic (exact) mass is 305 g/mol. The third kappa shape index (κ3) is 19.2. The molecule has 0 aromatic carbocycles. The Hall–Kier alpha value is -0.770. The summed E-state index contributed by atoms with van der Waals surface area (Å²) in [5, 5.41) is 8.36. The number of hydrogen-bond acceptors (Lipinski definition) is 1. The number of nitrogens with zero attached hydrogens (tertiary/aromatic N) is 1. The molecule has 0 amide bonds. The molecule has 0 rings (SSSR count). The maximum atomic E-state index is 8.36. The van der Waals surface area contributed by atoms with Crippen LogP contribution in [0.15, 0.2) is 12.2 Å². The molecule has 0 spiro atoms. The lowest BCUT2D eigenvalue weighted by Gasteiger charge is -2.03. The van der Waals surface area contributed by atoms with E-state index in [9.17, 15) is 0 Å². The molecular formula is C21H39N. The maximum absolute atomic E-state index is 8.36. The van der Waals surface area contributed by atoms with E-state index in [-0.39, 0.29) is 0 Å². The first-order chi connectivity index (χ1) is 10.9. The Morgan fingerprint density at radius 1 is 0.591 bits per heavy atom. The molecule has 0 aliphatic heterocycles. The average Bonchev–Trinajstić information content (AvgIpc) is 2.54. The molecule has 22 heavy (non-hydrogen) atoms. The van der Waals surface area contributed by atoms with Gasteiger partial charge in [0.15, 0.2) is 0 Å². The van der Waals surface area contributed by atoms with Gasteiger partial charge in [0.05, 0.1) is 6.07 Å². The van der Waals surface area contributed by atoms with Crippen LogP contribution < -0.4 is 0 Å². The summed E-state index contributed by atoms with van der Waals surface area (Å²) >= 11 is 0. The normalized spacial score (nSPS) is 11.1. The molecule has 0 radical (unpaired) electrons. The van der Waals surface area contributed by atoms with Crippen molar-refractivity contribution in [2.24, 2.45) is 0 Å². The van der Waals surface area contributed by atoms with Crippen molar-refractivity contribution in [2.75, 3.05) is 0 Å². The first kappa shape index (κ1) is 21.2. The minimum atomic E-state index is 1.08. The van der Waals surface area contributed by atoms with Crippen LogP contribution in [0.4, 0.5) is 0 Å². The van der Waals surface area contributed by atoms with Crippen LogP contribution in [0.2, 0.25) is 0 Å². The quantitative estimate of drug-likeness (QED) is 0.199. The Labute approximate surface area is 140 Å². The largest absolute Gasteiger partial charge is 0.193 e. The second-order valence-corrected chi connectivity index (χ2v) is 6.62. The summed E-state index contributed by atoms with van der Waals surface area (Å²) in [4.78, 5) is 0. The van der Waals surface area contributed by atoms with E-state index in [0.717, 1.165) is 6.42 Å². The predicted octanol–water partition coefficient (Wildman–Crippen LogP) is 7.72. The van der Waals surface area contributed by atoms with Gasteiger partial charge >= 0.3 is 0 Å². The van der Waals surface area contributed by atoms with Gasteiger partial charge < -0.3 is 0 Å². The highest BCUT2D eigenvalue weighted by Crippen LogP contribution is 2.13. The van der Waals surface area contributed by atoms with Gasteiger partial charge in [-0.3, -0.25) is 0 Å². The molecule has 0 saturated heterocycles. The molecule has 0 saturated carbocycles. The average molecular weight is 306 g/mol. The molecule has 1 heteroatoms. The van der Waals surface area contributed by atoms with Crippen molar-refractivity contribution in [1.29, 1.82) is 5.26 Å². The molecule has 0 aliphatic rings. The van der Waals surface area contributed by atoms with Crippen LogP contribution in [0.1, 0.15) is 116 Å². The van der Waals surface area contributed by atoms with Crippen LogP contribution in [0.5, 0.6) is 0 Å². The minimum absolute atomic E-state index is 1.08. The second-order valence-electron chi connectivity index (χ2n) is 6.62. The Morgan fingerprint density at radius 2 is 0.955 bits per heavy atom. The summed E-state index contributed by atoms with van der Waals surface area (Å²) in [6, 6.07) is 2.04. The molecule has 128 valence electrons. The first-order valence-electron chi connectivity index (χ1n) is 9.96. The van der Waals surface area contributed by atoms with Gasteiger partial charge in [-0.1, -0.05) is 109 Å². The first-order valence-corrected chi connectivity index (χ1v) is 9.96. The molecule has 0 N–H and O–H groups in total. The van der Waals surface area contributed by atoms with E-state index in [1.165, 1.54) is 103 Å². The standard InChI is InChI=1S/C21H39N/c1-2-3-4-5-6-7-8-9-10-11-12-13-14-15-16-17-18-19-20-21-22/h19-20H,2-18H2,1H3. The zero-order valence-electron chi connectivity index (χ0n) is 15.1. The van der Waals surface area contributed by atoms with Gasteiger partial charge in [0, 0.05) is 6.08 Å². The summed E-state index contributed by atoms with van der Waals surface area (Å²) in [5.74, 6) is 0. The summed E-state index contributed by atoms with van der Waals surface area (Å²) in [6.45, 7) is 2.29. The number of allylic oxidation sites excluding steroid dienone is 2. The third-order valence-electron chi connectivity index (χ3n) is 4.42. The fourth-order valence-electron chi connectivity index (χ4n) is 2.95. The van der Waals surface area contributed by atoms with E-state index in [4.69, 9.17) is 5.26 Å². The smallest absolute Gasteiger partial charge is 0.0908 e. The molecule has 0 heterocycles. The SMILES string of the molecule is CCCCCCCCCCCCCCCCCCC=CC#N. The molecule has 0 aromatic heterocycles. The van der Waals surface area contributed by atoms with Gasteiger partial charge in [0.1, 0.15) is 0 Å². The zero-order chi connectivity index (χ0) is 16.1. The zero-order valence-corrected chi connectivity index (χ0v) is 15.1. The van der Waals surface area contributed by atoms with E-state index in [1.54, 1.807) is 6.08 Å². The fraction of sp³-hybridized carbons (Fsp3) is 0.857. The van der Waals surface area contributed by atoms with Crippen LogP contribution in [-0.4, -0.2) is 0 Å². The van der Waals surface area contributed by atoms with Gasteiger partial charge in [-0.25, -0.2) is 0 Å². The maximum Gasteiger partial charge on any atom is 0.0908 e. The van der Waals surface area contributed by atoms with Crippen molar-refractivity contribution in [3.63, 3.8) is 0 Å². The van der Waals surface area contributed by atoms with Crippen LogP contribution in [0.3, 0.4) is 0 Å². The molecule has 0 bridgehead atoms. The van der Waals surface area contributed by atoms with Crippen molar-refractivity contribution >= 4 is 0 Å². The van der Waals surface area contributed by atoms with Crippen molar-refractivity contribution in [1.82, 2.24) is 0 Å². The Bertz CT molecular complexity index is 262. The van der Waals surface area contributed by atoms with E-state index >= 15 is 0 Å². The molecule has 0 fully saturated rings. The third-order valence-corrected chi connectivity index (χ3v) is 4.42.